The molecule has 1 aliphatic rings. The fourth-order valence-corrected chi connectivity index (χ4v) is 1.86. The van der Waals surface area contributed by atoms with Crippen LogP contribution in [0.25, 0.3) is 0 Å². The van der Waals surface area contributed by atoms with E-state index in [0.717, 1.165) is 17.3 Å². The molecule has 0 amide bonds. The fourth-order valence-electron chi connectivity index (χ4n) is 1.86. The number of hydrogen-bond acceptors (Lipinski definition) is 0. The van der Waals surface area contributed by atoms with Gasteiger partial charge in [-0.25, -0.2) is 0 Å². The molecule has 0 bridgehead atoms. The second kappa shape index (κ2) is 2.00. The van der Waals surface area contributed by atoms with Gasteiger partial charge in [-0.05, 0) is 30.1 Å². The standard InChI is InChI=1S/C9H18/c1-7(2)5-9(4)6-8(9)3/h7-8H,5-6H2,1-4H3. The van der Waals surface area contributed by atoms with Crippen LogP contribution in [0.4, 0.5) is 0 Å². The monoisotopic (exact) mass is 126 g/mol. The van der Waals surface area contributed by atoms with Crippen molar-refractivity contribution in [1.29, 1.82) is 0 Å². The molecule has 0 N–H and O–H groups in total. The Bertz CT molecular complexity index is 105. The molecule has 0 spiro atoms. The Morgan fingerprint density at radius 3 is 2.11 bits per heavy atom. The third-order valence-corrected chi connectivity index (χ3v) is 2.68. The Kier molecular flexibility index (Phi) is 1.58. The second-order valence-electron chi connectivity index (χ2n) is 4.36. The predicted molar refractivity (Wildman–Crippen MR) is 41.3 cm³/mol. The highest BCUT2D eigenvalue weighted by Crippen LogP contribution is 2.55. The maximum Gasteiger partial charge on any atom is -0.0295 e. The lowest BCUT2D eigenvalue weighted by Crippen LogP contribution is -2.01. The lowest BCUT2D eigenvalue weighted by molar-refractivity contribution is 0.395. The molecule has 1 aliphatic carbocycles. The van der Waals surface area contributed by atoms with Crippen LogP contribution in [0.2, 0.25) is 0 Å². The van der Waals surface area contributed by atoms with E-state index in [1.165, 1.54) is 12.8 Å². The zero-order chi connectivity index (χ0) is 7.07. The molecule has 1 fully saturated rings. The summed E-state index contributed by atoms with van der Waals surface area (Å²) in [6, 6.07) is 0. The topological polar surface area (TPSA) is 0 Å². The minimum absolute atomic E-state index is 0.730. The zero-order valence-electron chi connectivity index (χ0n) is 7.07. The molecule has 0 aromatic rings. The highest BCUT2D eigenvalue weighted by atomic mass is 14.5. The van der Waals surface area contributed by atoms with Crippen LogP contribution in [0.1, 0.15) is 40.5 Å². The van der Waals surface area contributed by atoms with Crippen molar-refractivity contribution in [2.45, 2.75) is 40.5 Å². The molecule has 0 aromatic heterocycles. The van der Waals surface area contributed by atoms with Crippen LogP contribution in [0.5, 0.6) is 0 Å². The average Bonchev–Trinajstić information content (AvgIpc) is 2.10. The van der Waals surface area contributed by atoms with Crippen molar-refractivity contribution >= 4 is 0 Å². The molecule has 2 atom stereocenters. The molecule has 1 rings (SSSR count). The molecule has 1 saturated carbocycles. The summed E-state index contributed by atoms with van der Waals surface area (Å²) in [5.74, 6) is 1.89. The van der Waals surface area contributed by atoms with Crippen LogP contribution >= 0.6 is 0 Å². The van der Waals surface area contributed by atoms with Gasteiger partial charge in [0.05, 0.1) is 0 Å². The first kappa shape index (κ1) is 7.11. The summed E-state index contributed by atoms with van der Waals surface area (Å²) in [4.78, 5) is 0. The van der Waals surface area contributed by atoms with Crippen LogP contribution < -0.4 is 0 Å². The van der Waals surface area contributed by atoms with Crippen molar-refractivity contribution in [3.63, 3.8) is 0 Å². The SMILES string of the molecule is CC(C)CC1(C)CC1C. The van der Waals surface area contributed by atoms with Crippen molar-refractivity contribution in [3.8, 4) is 0 Å². The predicted octanol–water partition coefficient (Wildman–Crippen LogP) is 3.08. The first-order chi connectivity index (χ1) is 4.04. The minimum Gasteiger partial charge on any atom is -0.0628 e. The van der Waals surface area contributed by atoms with E-state index in [1.807, 2.05) is 0 Å². The maximum atomic E-state index is 2.41. The maximum absolute atomic E-state index is 2.41. The highest BCUT2D eigenvalue weighted by Gasteiger charge is 2.46. The van der Waals surface area contributed by atoms with E-state index in [4.69, 9.17) is 0 Å². The Morgan fingerprint density at radius 1 is 1.56 bits per heavy atom. The molecular weight excluding hydrogens is 108 g/mol. The van der Waals surface area contributed by atoms with E-state index in [2.05, 4.69) is 27.7 Å². The van der Waals surface area contributed by atoms with Gasteiger partial charge in [-0.1, -0.05) is 27.7 Å². The molecule has 0 aliphatic heterocycles. The molecule has 0 radical (unpaired) electrons. The van der Waals surface area contributed by atoms with Crippen LogP contribution in [-0.4, -0.2) is 0 Å². The molecule has 9 heavy (non-hydrogen) atoms. The smallest absolute Gasteiger partial charge is 0.0295 e. The van der Waals surface area contributed by atoms with Crippen LogP contribution in [-0.2, 0) is 0 Å². The molecule has 0 heteroatoms. The van der Waals surface area contributed by atoms with Gasteiger partial charge in [-0.15, -0.1) is 0 Å². The summed E-state index contributed by atoms with van der Waals surface area (Å²) in [5, 5.41) is 0. The van der Waals surface area contributed by atoms with Gasteiger partial charge >= 0.3 is 0 Å². The van der Waals surface area contributed by atoms with E-state index in [0.29, 0.717) is 0 Å². The van der Waals surface area contributed by atoms with E-state index in [-0.39, 0.29) is 0 Å². The Labute approximate surface area is 58.7 Å². The van der Waals surface area contributed by atoms with Crippen molar-refractivity contribution in [2.24, 2.45) is 17.3 Å². The van der Waals surface area contributed by atoms with Crippen molar-refractivity contribution in [1.82, 2.24) is 0 Å². The summed E-state index contributed by atoms with van der Waals surface area (Å²) in [6.45, 7) is 9.41. The molecule has 0 aromatic carbocycles. The van der Waals surface area contributed by atoms with Crippen molar-refractivity contribution < 1.29 is 0 Å². The lowest BCUT2D eigenvalue weighted by atomic mass is 9.94. The highest BCUT2D eigenvalue weighted by molar-refractivity contribution is 4.96. The van der Waals surface area contributed by atoms with E-state index in [9.17, 15) is 0 Å². The van der Waals surface area contributed by atoms with Gasteiger partial charge < -0.3 is 0 Å². The van der Waals surface area contributed by atoms with Gasteiger partial charge in [0.15, 0.2) is 0 Å². The lowest BCUT2D eigenvalue weighted by Gasteiger charge is -2.11. The van der Waals surface area contributed by atoms with Crippen molar-refractivity contribution in [3.05, 3.63) is 0 Å². The van der Waals surface area contributed by atoms with Gasteiger partial charge in [0.1, 0.15) is 0 Å². The first-order valence-electron chi connectivity index (χ1n) is 4.04. The third kappa shape index (κ3) is 1.47. The van der Waals surface area contributed by atoms with Gasteiger partial charge in [0.2, 0.25) is 0 Å². The van der Waals surface area contributed by atoms with Gasteiger partial charge in [-0.3, -0.25) is 0 Å². The van der Waals surface area contributed by atoms with E-state index in [1.54, 1.807) is 0 Å². The summed E-state index contributed by atoms with van der Waals surface area (Å²) >= 11 is 0. The Hall–Kier alpha value is 0. The first-order valence-corrected chi connectivity index (χ1v) is 4.04. The van der Waals surface area contributed by atoms with Gasteiger partial charge in [0, 0.05) is 0 Å². The molecule has 54 valence electrons. The van der Waals surface area contributed by atoms with Crippen molar-refractivity contribution in [2.75, 3.05) is 0 Å². The number of rotatable bonds is 2. The summed E-state index contributed by atoms with van der Waals surface area (Å²) < 4.78 is 0. The van der Waals surface area contributed by atoms with E-state index < -0.39 is 0 Å². The average molecular weight is 126 g/mol. The normalized spacial score (nSPS) is 41.7. The number of hydrogen-bond donors (Lipinski definition) is 0. The summed E-state index contributed by atoms with van der Waals surface area (Å²) in [6.07, 6.45) is 2.89. The third-order valence-electron chi connectivity index (χ3n) is 2.68. The minimum atomic E-state index is 0.730. The second-order valence-corrected chi connectivity index (χ2v) is 4.36. The molecule has 2 unspecified atom stereocenters. The Morgan fingerprint density at radius 2 is 2.00 bits per heavy atom. The zero-order valence-corrected chi connectivity index (χ0v) is 7.07. The van der Waals surface area contributed by atoms with Crippen LogP contribution in [0, 0.1) is 17.3 Å². The summed E-state index contributed by atoms with van der Waals surface area (Å²) in [7, 11) is 0. The fraction of sp³-hybridized carbons (Fsp3) is 1.00. The molecular formula is C9H18. The van der Waals surface area contributed by atoms with Gasteiger partial charge in [-0.2, -0.15) is 0 Å². The Balaban J connectivity index is 2.29. The van der Waals surface area contributed by atoms with E-state index >= 15 is 0 Å². The quantitative estimate of drug-likeness (QED) is 0.533. The van der Waals surface area contributed by atoms with Crippen LogP contribution in [0.15, 0.2) is 0 Å². The summed E-state index contributed by atoms with van der Waals surface area (Å²) in [5.41, 5.74) is 0.730. The van der Waals surface area contributed by atoms with Gasteiger partial charge in [0.25, 0.3) is 0 Å². The largest absolute Gasteiger partial charge is 0.0628 e. The molecule has 0 nitrogen and oxygen atoms in total. The van der Waals surface area contributed by atoms with Crippen LogP contribution in [0.3, 0.4) is 0 Å². The molecule has 0 saturated heterocycles. The molecule has 0 heterocycles.